The van der Waals surface area contributed by atoms with E-state index in [1.165, 1.54) is 13.1 Å². The number of alkyl halides is 3. The summed E-state index contributed by atoms with van der Waals surface area (Å²) < 4.78 is 38.0. The number of aromatic nitrogens is 1. The molecular formula is C17H13Cl2F3N4O2S. The highest BCUT2D eigenvalue weighted by molar-refractivity contribution is 7.80. The van der Waals surface area contributed by atoms with E-state index in [1.54, 1.807) is 13.0 Å². The number of aryl methyl sites for hydroxylation is 1. The summed E-state index contributed by atoms with van der Waals surface area (Å²) in [6, 6.07) is 3.58. The van der Waals surface area contributed by atoms with Crippen LogP contribution < -0.4 is 16.0 Å². The molecule has 0 unspecified atom stereocenters. The molecule has 0 saturated heterocycles. The first-order valence-electron chi connectivity index (χ1n) is 7.81. The zero-order valence-corrected chi connectivity index (χ0v) is 17.2. The fourth-order valence-corrected chi connectivity index (χ4v) is 3.01. The molecule has 154 valence electrons. The van der Waals surface area contributed by atoms with Gasteiger partial charge in [0, 0.05) is 18.3 Å². The van der Waals surface area contributed by atoms with Crippen LogP contribution in [0.4, 0.5) is 18.9 Å². The van der Waals surface area contributed by atoms with Crippen LogP contribution in [0.1, 0.15) is 32.0 Å². The number of amides is 2. The molecule has 0 bridgehead atoms. The van der Waals surface area contributed by atoms with Gasteiger partial charge in [0.15, 0.2) is 5.11 Å². The fourth-order valence-electron chi connectivity index (χ4n) is 2.29. The number of halogens is 5. The molecule has 2 aromatic rings. The van der Waals surface area contributed by atoms with E-state index in [-0.39, 0.29) is 10.7 Å². The van der Waals surface area contributed by atoms with Gasteiger partial charge in [-0.2, -0.15) is 13.2 Å². The molecule has 1 heterocycles. The Hall–Kier alpha value is -2.43. The SMILES string of the molecule is CNC(=O)c1cc(Cl)cc(C)c1NC(=S)NC(=O)c1ncc(C(F)(F)F)cc1Cl. The Balaban J connectivity index is 2.22. The third-order valence-electron chi connectivity index (χ3n) is 3.62. The van der Waals surface area contributed by atoms with Gasteiger partial charge in [0.1, 0.15) is 5.69 Å². The van der Waals surface area contributed by atoms with Gasteiger partial charge in [-0.1, -0.05) is 23.2 Å². The van der Waals surface area contributed by atoms with Gasteiger partial charge in [0.05, 0.1) is 21.8 Å². The van der Waals surface area contributed by atoms with Crippen LogP contribution in [0, 0.1) is 6.92 Å². The molecule has 2 rings (SSSR count). The number of carbonyl (C=O) groups is 2. The van der Waals surface area contributed by atoms with Crippen molar-refractivity contribution in [3.8, 4) is 0 Å². The van der Waals surface area contributed by atoms with Gasteiger partial charge in [0.25, 0.3) is 11.8 Å². The second kappa shape index (κ2) is 8.93. The standard InChI is InChI=1S/C17H13Cl2F3N4O2S/c1-7-3-9(18)5-10(14(27)23-2)12(7)25-16(29)26-15(28)13-11(19)4-8(6-24-13)17(20,21)22/h3-6H,1-2H3,(H,23,27)(H2,25,26,28,29). The Labute approximate surface area is 178 Å². The molecule has 0 radical (unpaired) electrons. The van der Waals surface area contributed by atoms with E-state index < -0.39 is 34.3 Å². The lowest BCUT2D eigenvalue weighted by atomic mass is 10.1. The van der Waals surface area contributed by atoms with Crippen LogP contribution in [0.5, 0.6) is 0 Å². The Morgan fingerprint density at radius 1 is 1.14 bits per heavy atom. The number of rotatable bonds is 3. The summed E-state index contributed by atoms with van der Waals surface area (Å²) >= 11 is 16.8. The zero-order valence-electron chi connectivity index (χ0n) is 14.9. The lowest BCUT2D eigenvalue weighted by molar-refractivity contribution is -0.137. The number of nitrogens with one attached hydrogen (secondary N) is 3. The maximum atomic E-state index is 12.7. The van der Waals surface area contributed by atoms with Crippen LogP contribution in [0.3, 0.4) is 0 Å². The van der Waals surface area contributed by atoms with Crippen LogP contribution in [0.25, 0.3) is 0 Å². The molecule has 0 saturated carbocycles. The number of hydrogen-bond acceptors (Lipinski definition) is 4. The minimum atomic E-state index is -4.65. The fraction of sp³-hybridized carbons (Fsp3) is 0.176. The number of pyridine rings is 1. The third kappa shape index (κ3) is 5.55. The number of thiocarbonyl (C=S) groups is 1. The van der Waals surface area contributed by atoms with Crippen molar-refractivity contribution in [3.63, 3.8) is 0 Å². The van der Waals surface area contributed by atoms with Gasteiger partial charge in [-0.25, -0.2) is 4.98 Å². The molecular weight excluding hydrogens is 452 g/mol. The van der Waals surface area contributed by atoms with Crippen molar-refractivity contribution < 1.29 is 22.8 Å². The monoisotopic (exact) mass is 464 g/mol. The Morgan fingerprint density at radius 3 is 2.34 bits per heavy atom. The summed E-state index contributed by atoms with van der Waals surface area (Å²) in [5, 5.41) is 7.03. The second-order valence-corrected chi connectivity index (χ2v) is 6.94. The van der Waals surface area contributed by atoms with E-state index in [9.17, 15) is 22.8 Å². The maximum Gasteiger partial charge on any atom is 0.417 e. The smallest absolute Gasteiger partial charge is 0.355 e. The van der Waals surface area contributed by atoms with E-state index >= 15 is 0 Å². The number of anilines is 1. The summed E-state index contributed by atoms with van der Waals surface area (Å²) in [5.41, 5.74) is -0.487. The van der Waals surface area contributed by atoms with Crippen molar-refractivity contribution in [1.82, 2.24) is 15.6 Å². The molecule has 2 amide bonds. The predicted octanol–water partition coefficient (Wildman–Crippen LogP) is 4.20. The normalized spacial score (nSPS) is 11.0. The Kier molecular flexibility index (Phi) is 7.04. The maximum absolute atomic E-state index is 12.7. The molecule has 0 fully saturated rings. The van der Waals surface area contributed by atoms with Crippen molar-refractivity contribution in [1.29, 1.82) is 0 Å². The number of benzene rings is 1. The van der Waals surface area contributed by atoms with E-state index in [4.69, 9.17) is 35.4 Å². The molecule has 29 heavy (non-hydrogen) atoms. The van der Waals surface area contributed by atoms with Gasteiger partial charge in [0.2, 0.25) is 0 Å². The average molecular weight is 465 g/mol. The minimum absolute atomic E-state index is 0.180. The molecule has 1 aromatic heterocycles. The predicted molar refractivity (Wildman–Crippen MR) is 108 cm³/mol. The van der Waals surface area contributed by atoms with E-state index in [0.29, 0.717) is 28.5 Å². The topological polar surface area (TPSA) is 83.1 Å². The highest BCUT2D eigenvalue weighted by Gasteiger charge is 2.32. The second-order valence-electron chi connectivity index (χ2n) is 5.68. The highest BCUT2D eigenvalue weighted by Crippen LogP contribution is 2.31. The van der Waals surface area contributed by atoms with Crippen molar-refractivity contribution in [2.45, 2.75) is 13.1 Å². The third-order valence-corrected chi connectivity index (χ3v) is 4.33. The first kappa shape index (κ1) is 22.9. The summed E-state index contributed by atoms with van der Waals surface area (Å²) in [6.07, 6.45) is -4.16. The molecule has 0 spiro atoms. The quantitative estimate of drug-likeness (QED) is 0.592. The molecule has 0 aliphatic heterocycles. The van der Waals surface area contributed by atoms with Crippen LogP contribution in [-0.2, 0) is 6.18 Å². The highest BCUT2D eigenvalue weighted by atomic mass is 35.5. The Bertz CT molecular complexity index is 999. The molecule has 3 N–H and O–H groups in total. The first-order chi connectivity index (χ1) is 13.4. The van der Waals surface area contributed by atoms with Crippen molar-refractivity contribution in [2.24, 2.45) is 0 Å². The number of nitrogens with zero attached hydrogens (tertiary/aromatic N) is 1. The van der Waals surface area contributed by atoms with Crippen LogP contribution in [0.15, 0.2) is 24.4 Å². The summed E-state index contributed by atoms with van der Waals surface area (Å²) in [5.74, 6) is -1.37. The zero-order chi connectivity index (χ0) is 21.9. The number of hydrogen-bond donors (Lipinski definition) is 3. The summed E-state index contributed by atoms with van der Waals surface area (Å²) in [7, 11) is 1.43. The lowest BCUT2D eigenvalue weighted by Crippen LogP contribution is -2.35. The van der Waals surface area contributed by atoms with Crippen molar-refractivity contribution >= 4 is 58.0 Å². The van der Waals surface area contributed by atoms with Crippen LogP contribution in [0.2, 0.25) is 10.0 Å². The summed E-state index contributed by atoms with van der Waals surface area (Å²) in [4.78, 5) is 27.8. The van der Waals surface area contributed by atoms with E-state index in [0.717, 1.165) is 0 Å². The van der Waals surface area contributed by atoms with Crippen molar-refractivity contribution in [3.05, 3.63) is 56.8 Å². The molecule has 0 aliphatic carbocycles. The molecule has 0 aliphatic rings. The van der Waals surface area contributed by atoms with Crippen molar-refractivity contribution in [2.75, 3.05) is 12.4 Å². The molecule has 1 aromatic carbocycles. The van der Waals surface area contributed by atoms with Gasteiger partial charge < -0.3 is 10.6 Å². The summed E-state index contributed by atoms with van der Waals surface area (Å²) in [6.45, 7) is 1.67. The minimum Gasteiger partial charge on any atom is -0.355 e. The van der Waals surface area contributed by atoms with Crippen LogP contribution >= 0.6 is 35.4 Å². The Morgan fingerprint density at radius 2 is 1.79 bits per heavy atom. The molecule has 12 heteroatoms. The van der Waals surface area contributed by atoms with Gasteiger partial charge in [-0.3, -0.25) is 14.9 Å². The van der Waals surface area contributed by atoms with E-state index in [1.807, 2.05) is 0 Å². The molecule has 6 nitrogen and oxygen atoms in total. The van der Waals surface area contributed by atoms with Gasteiger partial charge >= 0.3 is 6.18 Å². The van der Waals surface area contributed by atoms with Gasteiger partial charge in [-0.05, 0) is 42.9 Å². The van der Waals surface area contributed by atoms with Gasteiger partial charge in [-0.15, -0.1) is 0 Å². The van der Waals surface area contributed by atoms with E-state index in [2.05, 4.69) is 20.9 Å². The first-order valence-corrected chi connectivity index (χ1v) is 8.97. The molecule has 0 atom stereocenters. The largest absolute Gasteiger partial charge is 0.417 e. The number of carbonyl (C=O) groups excluding carboxylic acids is 2. The van der Waals surface area contributed by atoms with Crippen LogP contribution in [-0.4, -0.2) is 29.0 Å². The average Bonchev–Trinajstić information content (AvgIpc) is 2.61. The lowest BCUT2D eigenvalue weighted by Gasteiger charge is -2.16.